The third-order valence-corrected chi connectivity index (χ3v) is 2.42. The van der Waals surface area contributed by atoms with Crippen molar-refractivity contribution in [3.8, 4) is 5.75 Å². The Morgan fingerprint density at radius 3 is 2.62 bits per heavy atom. The van der Waals surface area contributed by atoms with Gasteiger partial charge in [0.05, 0.1) is 0 Å². The molecule has 0 saturated heterocycles. The third-order valence-electron chi connectivity index (χ3n) is 2.42. The van der Waals surface area contributed by atoms with Gasteiger partial charge in [0.1, 0.15) is 11.9 Å². The molecule has 1 aromatic rings. The average Bonchev–Trinajstić information content (AvgIpc) is 2.06. The van der Waals surface area contributed by atoms with Crippen LogP contribution in [0.15, 0.2) is 36.4 Å². The number of hydrogen-bond acceptors (Lipinski definition) is 1. The van der Waals surface area contributed by atoms with E-state index in [-0.39, 0.29) is 0 Å². The highest BCUT2D eigenvalue weighted by molar-refractivity contribution is 5.32. The quantitative estimate of drug-likeness (QED) is 0.626. The molecule has 1 saturated carbocycles. The van der Waals surface area contributed by atoms with Crippen LogP contribution in [0.25, 0.3) is 0 Å². The monoisotopic (exact) mass is 174 g/mol. The van der Waals surface area contributed by atoms with Crippen molar-refractivity contribution < 1.29 is 4.74 Å². The SMILES string of the molecule is C=C1CC(Oc2ccccc2C)C1. The Morgan fingerprint density at radius 2 is 2.00 bits per heavy atom. The molecule has 0 spiro atoms. The average molecular weight is 174 g/mol. The first kappa shape index (κ1) is 8.36. The zero-order valence-corrected chi connectivity index (χ0v) is 7.92. The largest absolute Gasteiger partial charge is 0.489 e. The summed E-state index contributed by atoms with van der Waals surface area (Å²) in [6.07, 6.45) is 2.41. The number of hydrogen-bond donors (Lipinski definition) is 0. The lowest BCUT2D eigenvalue weighted by Crippen LogP contribution is -2.26. The van der Waals surface area contributed by atoms with Crippen LogP contribution in [0, 0.1) is 6.92 Å². The maximum atomic E-state index is 5.79. The van der Waals surface area contributed by atoms with E-state index in [0.717, 1.165) is 18.6 Å². The minimum Gasteiger partial charge on any atom is -0.489 e. The van der Waals surface area contributed by atoms with E-state index in [1.165, 1.54) is 11.1 Å². The Hall–Kier alpha value is -1.24. The van der Waals surface area contributed by atoms with Gasteiger partial charge in [-0.2, -0.15) is 0 Å². The van der Waals surface area contributed by atoms with Gasteiger partial charge in [-0.05, 0) is 18.6 Å². The topological polar surface area (TPSA) is 9.23 Å². The van der Waals surface area contributed by atoms with Crippen LogP contribution in [0.3, 0.4) is 0 Å². The first-order chi connectivity index (χ1) is 6.25. The molecular weight excluding hydrogens is 160 g/mol. The van der Waals surface area contributed by atoms with Crippen molar-refractivity contribution in [3.63, 3.8) is 0 Å². The van der Waals surface area contributed by atoms with Crippen molar-refractivity contribution in [3.05, 3.63) is 42.0 Å². The summed E-state index contributed by atoms with van der Waals surface area (Å²) in [5.41, 5.74) is 2.51. The van der Waals surface area contributed by atoms with Crippen LogP contribution >= 0.6 is 0 Å². The van der Waals surface area contributed by atoms with Gasteiger partial charge in [-0.3, -0.25) is 0 Å². The van der Waals surface area contributed by atoms with E-state index < -0.39 is 0 Å². The van der Waals surface area contributed by atoms with Gasteiger partial charge in [-0.1, -0.05) is 30.4 Å². The van der Waals surface area contributed by atoms with Crippen LogP contribution in [0.1, 0.15) is 18.4 Å². The molecule has 68 valence electrons. The minimum atomic E-state index is 0.369. The third kappa shape index (κ3) is 1.74. The fourth-order valence-corrected chi connectivity index (χ4v) is 1.54. The molecular formula is C12H14O. The normalized spacial score (nSPS) is 16.8. The molecule has 0 unspecified atom stereocenters. The van der Waals surface area contributed by atoms with Crippen LogP contribution < -0.4 is 4.74 Å². The number of para-hydroxylation sites is 1. The van der Waals surface area contributed by atoms with Crippen LogP contribution in [0.2, 0.25) is 0 Å². The van der Waals surface area contributed by atoms with Crippen LogP contribution in [-0.2, 0) is 0 Å². The standard InChI is InChI=1S/C12H14O/c1-9-7-11(8-9)13-12-6-4-3-5-10(12)2/h3-6,11H,1,7-8H2,2H3. The Labute approximate surface area is 79.0 Å². The van der Waals surface area contributed by atoms with Crippen molar-refractivity contribution in [2.75, 3.05) is 0 Å². The van der Waals surface area contributed by atoms with Crippen molar-refractivity contribution in [1.29, 1.82) is 0 Å². The molecule has 13 heavy (non-hydrogen) atoms. The van der Waals surface area contributed by atoms with E-state index in [0.29, 0.717) is 6.10 Å². The summed E-state index contributed by atoms with van der Waals surface area (Å²) in [6, 6.07) is 8.14. The molecule has 1 heteroatoms. The zero-order chi connectivity index (χ0) is 9.26. The Morgan fingerprint density at radius 1 is 1.31 bits per heavy atom. The van der Waals surface area contributed by atoms with Crippen LogP contribution in [-0.4, -0.2) is 6.10 Å². The molecule has 0 amide bonds. The van der Waals surface area contributed by atoms with Gasteiger partial charge in [-0.15, -0.1) is 0 Å². The van der Waals surface area contributed by atoms with Gasteiger partial charge in [-0.25, -0.2) is 0 Å². The van der Waals surface area contributed by atoms with E-state index in [1.54, 1.807) is 0 Å². The Kier molecular flexibility index (Phi) is 2.09. The second kappa shape index (κ2) is 3.25. The summed E-state index contributed by atoms with van der Waals surface area (Å²) in [7, 11) is 0. The molecule has 0 bridgehead atoms. The predicted octanol–water partition coefficient (Wildman–Crippen LogP) is 3.09. The van der Waals surface area contributed by atoms with E-state index >= 15 is 0 Å². The summed E-state index contributed by atoms with van der Waals surface area (Å²) in [4.78, 5) is 0. The molecule has 0 aromatic heterocycles. The minimum absolute atomic E-state index is 0.369. The van der Waals surface area contributed by atoms with Gasteiger partial charge in [0.25, 0.3) is 0 Å². The molecule has 0 radical (unpaired) electrons. The Bertz CT molecular complexity index is 320. The van der Waals surface area contributed by atoms with Gasteiger partial charge in [0.2, 0.25) is 0 Å². The van der Waals surface area contributed by atoms with E-state index in [2.05, 4.69) is 19.6 Å². The highest BCUT2D eigenvalue weighted by Gasteiger charge is 2.23. The molecule has 1 fully saturated rings. The van der Waals surface area contributed by atoms with Crippen molar-refractivity contribution >= 4 is 0 Å². The van der Waals surface area contributed by atoms with E-state index in [9.17, 15) is 0 Å². The predicted molar refractivity (Wildman–Crippen MR) is 54.0 cm³/mol. The maximum Gasteiger partial charge on any atom is 0.122 e. The number of aryl methyl sites for hydroxylation is 1. The van der Waals surface area contributed by atoms with E-state index in [4.69, 9.17) is 4.74 Å². The molecule has 1 nitrogen and oxygen atoms in total. The highest BCUT2D eigenvalue weighted by atomic mass is 16.5. The van der Waals surface area contributed by atoms with Crippen molar-refractivity contribution in [1.82, 2.24) is 0 Å². The van der Waals surface area contributed by atoms with Gasteiger partial charge >= 0.3 is 0 Å². The molecule has 0 heterocycles. The fourth-order valence-electron chi connectivity index (χ4n) is 1.54. The number of ether oxygens (including phenoxy) is 1. The second-order valence-corrected chi connectivity index (χ2v) is 3.66. The fraction of sp³-hybridized carbons (Fsp3) is 0.333. The highest BCUT2D eigenvalue weighted by Crippen LogP contribution is 2.30. The number of benzene rings is 1. The van der Waals surface area contributed by atoms with Crippen LogP contribution in [0.5, 0.6) is 5.75 Å². The van der Waals surface area contributed by atoms with Crippen molar-refractivity contribution in [2.45, 2.75) is 25.9 Å². The van der Waals surface area contributed by atoms with Crippen molar-refractivity contribution in [2.24, 2.45) is 0 Å². The van der Waals surface area contributed by atoms with Gasteiger partial charge in [0.15, 0.2) is 0 Å². The second-order valence-electron chi connectivity index (χ2n) is 3.66. The molecule has 0 N–H and O–H groups in total. The maximum absolute atomic E-state index is 5.79. The molecule has 0 atom stereocenters. The lowest BCUT2D eigenvalue weighted by Gasteiger charge is -2.29. The Balaban J connectivity index is 2.02. The summed E-state index contributed by atoms with van der Waals surface area (Å²) in [5, 5.41) is 0. The summed E-state index contributed by atoms with van der Waals surface area (Å²) in [5.74, 6) is 1.01. The zero-order valence-electron chi connectivity index (χ0n) is 7.92. The lowest BCUT2D eigenvalue weighted by atomic mass is 9.90. The molecule has 1 aromatic carbocycles. The van der Waals surface area contributed by atoms with Crippen LogP contribution in [0.4, 0.5) is 0 Å². The molecule has 1 aliphatic carbocycles. The number of rotatable bonds is 2. The first-order valence-electron chi connectivity index (χ1n) is 4.64. The van der Waals surface area contributed by atoms with Gasteiger partial charge in [0, 0.05) is 12.8 Å². The summed E-state index contributed by atoms with van der Waals surface area (Å²) in [6.45, 7) is 5.97. The van der Waals surface area contributed by atoms with Gasteiger partial charge < -0.3 is 4.74 Å². The molecule has 1 aliphatic rings. The molecule has 2 rings (SSSR count). The molecule has 0 aliphatic heterocycles. The smallest absolute Gasteiger partial charge is 0.122 e. The first-order valence-corrected chi connectivity index (χ1v) is 4.64. The summed E-state index contributed by atoms with van der Waals surface area (Å²) < 4.78 is 5.79. The lowest BCUT2D eigenvalue weighted by molar-refractivity contribution is 0.161. The van der Waals surface area contributed by atoms with E-state index in [1.807, 2.05) is 18.2 Å². The summed E-state index contributed by atoms with van der Waals surface area (Å²) >= 11 is 0.